The minimum absolute atomic E-state index is 0.0397. The van der Waals surface area contributed by atoms with E-state index in [-0.39, 0.29) is 32.0 Å². The van der Waals surface area contributed by atoms with Crippen molar-refractivity contribution in [3.63, 3.8) is 0 Å². The maximum atomic E-state index is 12.9. The summed E-state index contributed by atoms with van der Waals surface area (Å²) in [5, 5.41) is 0. The third kappa shape index (κ3) is 85.0. The molecule has 0 aliphatic carbocycles. The number of phosphoric acid groups is 1. The Balaban J connectivity index is 4.01. The van der Waals surface area contributed by atoms with Crippen molar-refractivity contribution in [1.82, 2.24) is 0 Å². The summed E-state index contributed by atoms with van der Waals surface area (Å²) < 4.78 is 34.4. The summed E-state index contributed by atoms with van der Waals surface area (Å²) in [7, 11) is 1.15. The molecule has 2 atom stereocenters. The van der Waals surface area contributed by atoms with Gasteiger partial charge in [0.2, 0.25) is 0 Å². The van der Waals surface area contributed by atoms with Crippen molar-refractivity contribution in [1.29, 1.82) is 0 Å². The highest BCUT2D eigenvalue weighted by molar-refractivity contribution is 7.45. The summed E-state index contributed by atoms with van der Waals surface area (Å²) >= 11 is 0. The maximum Gasteiger partial charge on any atom is 0.306 e. The summed E-state index contributed by atoms with van der Waals surface area (Å²) in [4.78, 5) is 38.2. The van der Waals surface area contributed by atoms with Gasteiger partial charge in [0.1, 0.15) is 19.8 Å². The Labute approximate surface area is 625 Å². The number of carbonyl (C=O) groups excluding carboxylic acids is 2. The topological polar surface area (TPSA) is 111 Å². The van der Waals surface area contributed by atoms with Crippen LogP contribution in [0.4, 0.5) is 0 Å². The van der Waals surface area contributed by atoms with Gasteiger partial charge in [0, 0.05) is 12.8 Å². The first-order valence-corrected chi connectivity index (χ1v) is 43.9. The first-order chi connectivity index (χ1) is 49.5. The molecular weight excluding hydrogens is 1270 g/mol. The molecule has 0 bridgehead atoms. The molecule has 0 aliphatic rings. The van der Waals surface area contributed by atoms with Crippen molar-refractivity contribution in [2.24, 2.45) is 0 Å². The van der Waals surface area contributed by atoms with Crippen molar-refractivity contribution in [3.05, 3.63) is 134 Å². The SMILES string of the molecule is CC/C=C\C/C=C\C/C=C\C/C=C\C/C=C\C/C=C\C/C=C\C/C=C\C/C=C\C/C=C\C/C=C\CCCCCCCC(=O)OC(COC(=O)CCCCCCCCCCCCCCCCCCCCCCCCCCCCCCCCCCCCCCCC)COP(=O)([O-])OCC[N+](C)(C)C. The Morgan fingerprint density at radius 1 is 0.317 bits per heavy atom. The normalized spacial score (nSPS) is 13.7. The smallest absolute Gasteiger partial charge is 0.306 e. The predicted octanol–water partition coefficient (Wildman–Crippen LogP) is 28.0. The average molecular weight is 1430 g/mol. The van der Waals surface area contributed by atoms with E-state index >= 15 is 0 Å². The predicted molar refractivity (Wildman–Crippen MR) is 438 cm³/mol. The van der Waals surface area contributed by atoms with Crippen LogP contribution in [0.25, 0.3) is 0 Å². The molecule has 0 rings (SSSR count). The number of hydrogen-bond donors (Lipinski definition) is 0. The van der Waals surface area contributed by atoms with Crippen LogP contribution >= 0.6 is 7.82 Å². The second-order valence-electron chi connectivity index (χ2n) is 29.5. The Kier molecular flexibility index (Phi) is 77.2. The number of unbranched alkanes of at least 4 members (excludes halogenated alkanes) is 42. The van der Waals surface area contributed by atoms with Gasteiger partial charge < -0.3 is 27.9 Å². The van der Waals surface area contributed by atoms with Crippen LogP contribution in [0.15, 0.2) is 134 Å². The van der Waals surface area contributed by atoms with E-state index in [1.807, 2.05) is 21.1 Å². The molecule has 0 fully saturated rings. The highest BCUT2D eigenvalue weighted by Crippen LogP contribution is 2.38. The number of nitrogens with zero attached hydrogens (tertiary/aromatic N) is 1. The van der Waals surface area contributed by atoms with Gasteiger partial charge in [-0.05, 0) is 96.3 Å². The fourth-order valence-corrected chi connectivity index (χ4v) is 12.7. The number of rotatable bonds is 78. The number of carbonyl (C=O) groups is 2. The molecule has 0 aromatic carbocycles. The maximum absolute atomic E-state index is 12.9. The fourth-order valence-electron chi connectivity index (χ4n) is 12.0. The molecule has 0 saturated carbocycles. The van der Waals surface area contributed by atoms with E-state index in [9.17, 15) is 19.0 Å². The van der Waals surface area contributed by atoms with Crippen LogP contribution in [0.1, 0.15) is 380 Å². The second-order valence-corrected chi connectivity index (χ2v) is 30.9. The summed E-state index contributed by atoms with van der Waals surface area (Å²) in [5.74, 6) is -0.849. The summed E-state index contributed by atoms with van der Waals surface area (Å²) in [6.07, 6.45) is 117. The van der Waals surface area contributed by atoms with E-state index in [2.05, 4.69) is 148 Å². The van der Waals surface area contributed by atoms with Gasteiger partial charge in [-0.3, -0.25) is 14.2 Å². The van der Waals surface area contributed by atoms with Gasteiger partial charge in [-0.15, -0.1) is 0 Å². The molecule has 101 heavy (non-hydrogen) atoms. The van der Waals surface area contributed by atoms with E-state index in [0.29, 0.717) is 17.4 Å². The molecule has 2 unspecified atom stereocenters. The third-order valence-corrected chi connectivity index (χ3v) is 19.4. The lowest BCUT2D eigenvalue weighted by Gasteiger charge is -2.28. The van der Waals surface area contributed by atoms with E-state index < -0.39 is 26.5 Å². The fraction of sp³-hybridized carbons (Fsp3) is 0.736. The number of likely N-dealkylation sites (N-methyl/N-ethyl adjacent to an activating group) is 1. The van der Waals surface area contributed by atoms with E-state index in [1.165, 1.54) is 225 Å². The molecule has 0 aromatic rings. The summed E-state index contributed by atoms with van der Waals surface area (Å²) in [6.45, 7) is 4.14. The summed E-state index contributed by atoms with van der Waals surface area (Å²) in [5.41, 5.74) is 0. The van der Waals surface area contributed by atoms with Crippen molar-refractivity contribution < 1.29 is 42.1 Å². The van der Waals surface area contributed by atoms with Gasteiger partial charge >= 0.3 is 11.9 Å². The molecule has 10 heteroatoms. The Bertz CT molecular complexity index is 2170. The van der Waals surface area contributed by atoms with Gasteiger partial charge in [-0.2, -0.15) is 0 Å². The highest BCUT2D eigenvalue weighted by atomic mass is 31.2. The molecule has 582 valence electrons. The van der Waals surface area contributed by atoms with E-state index in [4.69, 9.17) is 18.5 Å². The number of ether oxygens (including phenoxy) is 2. The van der Waals surface area contributed by atoms with Crippen molar-refractivity contribution in [2.75, 3.05) is 47.5 Å². The minimum Gasteiger partial charge on any atom is -0.756 e. The van der Waals surface area contributed by atoms with Crippen LogP contribution in [-0.4, -0.2) is 70.0 Å². The molecule has 0 radical (unpaired) electrons. The monoisotopic (exact) mass is 1430 g/mol. The lowest BCUT2D eigenvalue weighted by atomic mass is 10.0. The van der Waals surface area contributed by atoms with Crippen molar-refractivity contribution in [3.8, 4) is 0 Å². The molecule has 0 spiro atoms. The van der Waals surface area contributed by atoms with Crippen LogP contribution in [0.5, 0.6) is 0 Å². The summed E-state index contributed by atoms with van der Waals surface area (Å²) in [6, 6.07) is 0. The zero-order valence-corrected chi connectivity index (χ0v) is 67.5. The Hall–Kier alpha value is -3.85. The molecule has 0 saturated heterocycles. The number of hydrogen-bond acceptors (Lipinski definition) is 8. The zero-order valence-electron chi connectivity index (χ0n) is 66.6. The quantitative estimate of drug-likeness (QED) is 0.0195. The minimum atomic E-state index is -4.66. The van der Waals surface area contributed by atoms with Crippen LogP contribution in [0.3, 0.4) is 0 Å². The van der Waals surface area contributed by atoms with Crippen LogP contribution in [0, 0.1) is 0 Å². The molecular formula is C91H160NO8P. The van der Waals surface area contributed by atoms with Gasteiger partial charge in [0.15, 0.2) is 6.10 Å². The molecule has 0 heterocycles. The van der Waals surface area contributed by atoms with Crippen LogP contribution < -0.4 is 4.89 Å². The molecule has 0 amide bonds. The Morgan fingerprint density at radius 3 is 0.842 bits per heavy atom. The number of quaternary nitrogens is 1. The lowest BCUT2D eigenvalue weighted by Crippen LogP contribution is -2.37. The van der Waals surface area contributed by atoms with E-state index in [0.717, 1.165) is 122 Å². The molecule has 9 nitrogen and oxygen atoms in total. The third-order valence-electron chi connectivity index (χ3n) is 18.4. The van der Waals surface area contributed by atoms with Crippen LogP contribution in [0.2, 0.25) is 0 Å². The zero-order chi connectivity index (χ0) is 73.3. The highest BCUT2D eigenvalue weighted by Gasteiger charge is 2.22. The van der Waals surface area contributed by atoms with Gasteiger partial charge in [0.05, 0.1) is 27.7 Å². The van der Waals surface area contributed by atoms with Gasteiger partial charge in [0.25, 0.3) is 7.82 Å². The standard InChI is InChI=1S/C91H160NO8P/c1-6-8-10-12-14-16-18-20-22-24-26-28-30-32-34-36-38-40-42-44-46-48-50-52-54-56-58-60-62-64-66-68-70-72-74-76-78-80-82-84-91(94)100-89(88-99-101(95,96)98-86-85-92(3,4)5)87-97-90(93)83-81-79-77-75-73-71-69-67-65-63-61-59-57-55-53-51-49-47-45-43-41-39-37-35-33-31-29-27-25-23-21-19-17-15-13-11-9-7-2/h8,10,14,16,20,22,26,28,32,34,38,40,44,46,50,52,56,58,62,64,68,70,89H,6-7,9,11-13,15,17-19,21,23-25,27,29-31,33,35-37,39,41-43,45,47-49,51,53-55,57,59-61,63,65-67,69,71-88H2,1-5H3/b10-8-,16-14-,22-20-,28-26-,34-32-,40-38-,46-44-,52-50-,58-56-,64-62-,70-68-. The average Bonchev–Trinajstić information content (AvgIpc) is 0.973. The molecule has 0 N–H and O–H groups in total. The van der Waals surface area contributed by atoms with E-state index in [1.54, 1.807) is 0 Å². The van der Waals surface area contributed by atoms with Crippen LogP contribution in [-0.2, 0) is 32.7 Å². The number of esters is 2. The lowest BCUT2D eigenvalue weighted by molar-refractivity contribution is -0.870. The first kappa shape index (κ1) is 97.2. The van der Waals surface area contributed by atoms with Crippen molar-refractivity contribution >= 4 is 19.8 Å². The van der Waals surface area contributed by atoms with Crippen molar-refractivity contribution in [2.45, 2.75) is 386 Å². The van der Waals surface area contributed by atoms with Gasteiger partial charge in [-0.25, -0.2) is 0 Å². The first-order valence-electron chi connectivity index (χ1n) is 42.4. The largest absolute Gasteiger partial charge is 0.756 e. The second kappa shape index (κ2) is 80.3. The number of phosphoric ester groups is 1. The molecule has 0 aromatic heterocycles. The Morgan fingerprint density at radius 2 is 0.564 bits per heavy atom. The van der Waals surface area contributed by atoms with Gasteiger partial charge in [-0.1, -0.05) is 404 Å². The number of allylic oxidation sites excluding steroid dienone is 22. The molecule has 0 aliphatic heterocycles.